The summed E-state index contributed by atoms with van der Waals surface area (Å²) in [5.74, 6) is 0.850. The Hall–Kier alpha value is -3.80. The van der Waals surface area contributed by atoms with Crippen molar-refractivity contribution < 1.29 is 0 Å². The minimum atomic E-state index is -0.358. The third-order valence-corrected chi connectivity index (χ3v) is 3.52. The number of rotatable bonds is 6. The maximum atomic E-state index is 12.3. The van der Waals surface area contributed by atoms with Crippen LogP contribution in [0.25, 0.3) is 16.5 Å². The second-order valence-electron chi connectivity index (χ2n) is 5.30. The molecule has 0 amide bonds. The average molecular weight is 343 g/mol. The summed E-state index contributed by atoms with van der Waals surface area (Å²) in [4.78, 5) is 21.3. The second kappa shape index (κ2) is 7.85. The maximum absolute atomic E-state index is 12.3. The molecule has 3 aromatic rings. The third kappa shape index (κ3) is 3.64. The molecule has 0 bridgehead atoms. The van der Waals surface area contributed by atoms with Gasteiger partial charge in [-0.1, -0.05) is 61.7 Å². The van der Waals surface area contributed by atoms with E-state index in [-0.39, 0.29) is 5.56 Å². The van der Waals surface area contributed by atoms with Gasteiger partial charge in [-0.15, -0.1) is 0 Å². The maximum Gasteiger partial charge on any atom is 0.277 e. The number of anilines is 2. The smallest absolute Gasteiger partial charge is 0.277 e. The van der Waals surface area contributed by atoms with Gasteiger partial charge in [0, 0.05) is 11.3 Å². The average Bonchev–Trinajstić information content (AvgIpc) is 2.66. The minimum absolute atomic E-state index is 0.346. The highest BCUT2D eigenvalue weighted by Crippen LogP contribution is 2.23. The van der Waals surface area contributed by atoms with E-state index in [1.807, 2.05) is 36.4 Å². The number of H-pyrrole nitrogens is 1. The number of aromatic nitrogens is 4. The Balaban J connectivity index is 2.22. The van der Waals surface area contributed by atoms with Crippen LogP contribution in [0.4, 0.5) is 11.5 Å². The lowest BCUT2D eigenvalue weighted by molar-refractivity contribution is 0.997. The van der Waals surface area contributed by atoms with Crippen molar-refractivity contribution in [2.75, 3.05) is 5.32 Å². The summed E-state index contributed by atoms with van der Waals surface area (Å²) in [5, 5.41) is 9.80. The first-order valence-electron chi connectivity index (χ1n) is 7.92. The van der Waals surface area contributed by atoms with Crippen LogP contribution in [0.1, 0.15) is 5.82 Å². The van der Waals surface area contributed by atoms with E-state index in [0.29, 0.717) is 22.5 Å². The van der Waals surface area contributed by atoms with Crippen LogP contribution in [-0.4, -0.2) is 20.2 Å². The van der Waals surface area contributed by atoms with E-state index in [4.69, 9.17) is 0 Å². The SMILES string of the molecule is C=C/C=C\C(=C/C=C)c1nc(Nc2ccccc2)c2c(=O)[nH]ncc2n1. The number of hydrogen-bond acceptors (Lipinski definition) is 5. The van der Waals surface area contributed by atoms with Gasteiger partial charge >= 0.3 is 0 Å². The van der Waals surface area contributed by atoms with Crippen molar-refractivity contribution in [2.45, 2.75) is 0 Å². The molecule has 0 saturated carbocycles. The van der Waals surface area contributed by atoms with Crippen molar-refractivity contribution >= 4 is 28.0 Å². The highest BCUT2D eigenvalue weighted by Gasteiger charge is 2.13. The van der Waals surface area contributed by atoms with E-state index >= 15 is 0 Å². The number of nitrogens with zero attached hydrogens (tertiary/aromatic N) is 3. The lowest BCUT2D eigenvalue weighted by Gasteiger charge is -2.10. The molecule has 2 aromatic heterocycles. The first kappa shape index (κ1) is 17.0. The molecule has 0 unspecified atom stereocenters. The molecule has 128 valence electrons. The lowest BCUT2D eigenvalue weighted by atomic mass is 10.2. The fourth-order valence-electron chi connectivity index (χ4n) is 2.38. The summed E-state index contributed by atoms with van der Waals surface area (Å²) in [6.07, 6.45) is 10.2. The number of allylic oxidation sites excluding steroid dienone is 6. The molecule has 6 nitrogen and oxygen atoms in total. The second-order valence-corrected chi connectivity index (χ2v) is 5.30. The van der Waals surface area contributed by atoms with E-state index in [1.54, 1.807) is 24.3 Å². The van der Waals surface area contributed by atoms with Crippen molar-refractivity contribution in [3.8, 4) is 0 Å². The molecule has 0 aliphatic rings. The van der Waals surface area contributed by atoms with E-state index < -0.39 is 0 Å². The topological polar surface area (TPSA) is 83.6 Å². The largest absolute Gasteiger partial charge is 0.339 e. The first-order valence-corrected chi connectivity index (χ1v) is 7.92. The van der Waals surface area contributed by atoms with Gasteiger partial charge in [0.15, 0.2) is 5.82 Å². The van der Waals surface area contributed by atoms with Crippen molar-refractivity contribution in [3.63, 3.8) is 0 Å². The van der Waals surface area contributed by atoms with Gasteiger partial charge in [0.05, 0.1) is 6.20 Å². The molecule has 2 N–H and O–H groups in total. The Morgan fingerprint density at radius 2 is 1.92 bits per heavy atom. The molecule has 0 radical (unpaired) electrons. The van der Waals surface area contributed by atoms with Crippen LogP contribution in [0.15, 0.2) is 84.9 Å². The number of para-hydroxylation sites is 1. The van der Waals surface area contributed by atoms with E-state index in [0.717, 1.165) is 11.3 Å². The van der Waals surface area contributed by atoms with Gasteiger partial charge in [0.25, 0.3) is 5.56 Å². The molecule has 0 aliphatic carbocycles. The lowest BCUT2D eigenvalue weighted by Crippen LogP contribution is -2.13. The minimum Gasteiger partial charge on any atom is -0.339 e. The van der Waals surface area contributed by atoms with Crippen LogP contribution in [0.2, 0.25) is 0 Å². The Morgan fingerprint density at radius 1 is 1.12 bits per heavy atom. The number of aromatic amines is 1. The molecule has 0 atom stereocenters. The molecular weight excluding hydrogens is 326 g/mol. The zero-order chi connectivity index (χ0) is 18.4. The fraction of sp³-hybridized carbons (Fsp3) is 0. The van der Waals surface area contributed by atoms with Gasteiger partial charge in [-0.05, 0) is 12.1 Å². The van der Waals surface area contributed by atoms with E-state index in [2.05, 4.69) is 38.6 Å². The van der Waals surface area contributed by atoms with Crippen molar-refractivity contribution in [1.82, 2.24) is 20.2 Å². The molecule has 26 heavy (non-hydrogen) atoms. The zero-order valence-electron chi connectivity index (χ0n) is 14.0. The highest BCUT2D eigenvalue weighted by atomic mass is 16.1. The van der Waals surface area contributed by atoms with Gasteiger partial charge < -0.3 is 5.32 Å². The predicted molar refractivity (Wildman–Crippen MR) is 105 cm³/mol. The van der Waals surface area contributed by atoms with Crippen molar-refractivity contribution in [1.29, 1.82) is 0 Å². The monoisotopic (exact) mass is 343 g/mol. The molecule has 0 spiro atoms. The number of hydrogen-bond donors (Lipinski definition) is 2. The Bertz CT molecular complexity index is 1060. The summed E-state index contributed by atoms with van der Waals surface area (Å²) >= 11 is 0. The standard InChI is InChI=1S/C20H17N5O/c1-3-5-10-14(9-4-2)18-23-16-13-21-25-20(26)17(16)19(24-18)22-15-11-7-6-8-12-15/h3-13H,1-2H2,(H,25,26)(H,22,23,24)/b10-5-,14-9+. The van der Waals surface area contributed by atoms with Crippen LogP contribution < -0.4 is 10.9 Å². The van der Waals surface area contributed by atoms with Crippen molar-refractivity contribution in [3.05, 3.63) is 96.2 Å². The quantitative estimate of drug-likeness (QED) is 0.666. The summed E-state index contributed by atoms with van der Waals surface area (Å²) in [7, 11) is 0. The molecule has 0 aliphatic heterocycles. The van der Waals surface area contributed by atoms with Gasteiger partial charge in [-0.25, -0.2) is 15.1 Å². The van der Waals surface area contributed by atoms with Crippen LogP contribution in [0, 0.1) is 0 Å². The molecule has 3 rings (SSSR count). The zero-order valence-corrected chi connectivity index (χ0v) is 14.0. The van der Waals surface area contributed by atoms with Crippen LogP contribution in [0.5, 0.6) is 0 Å². The first-order chi connectivity index (χ1) is 12.7. The van der Waals surface area contributed by atoms with Gasteiger partial charge in [0.1, 0.15) is 16.7 Å². The van der Waals surface area contributed by atoms with Crippen LogP contribution in [0.3, 0.4) is 0 Å². The van der Waals surface area contributed by atoms with Gasteiger partial charge in [-0.3, -0.25) is 4.79 Å². The molecule has 1 aromatic carbocycles. The number of fused-ring (bicyclic) bond motifs is 1. The van der Waals surface area contributed by atoms with Crippen molar-refractivity contribution in [2.24, 2.45) is 0 Å². The van der Waals surface area contributed by atoms with Crippen LogP contribution in [-0.2, 0) is 0 Å². The Kier molecular flexibility index (Phi) is 5.14. The van der Waals surface area contributed by atoms with E-state index in [9.17, 15) is 4.79 Å². The fourth-order valence-corrected chi connectivity index (χ4v) is 2.38. The summed E-state index contributed by atoms with van der Waals surface area (Å²) in [5.41, 5.74) is 1.63. The molecular formula is C20H17N5O. The number of nitrogens with one attached hydrogen (secondary N) is 2. The molecule has 6 heteroatoms. The number of benzene rings is 1. The van der Waals surface area contributed by atoms with Gasteiger partial charge in [0.2, 0.25) is 0 Å². The summed E-state index contributed by atoms with van der Waals surface area (Å²) < 4.78 is 0. The molecule has 0 fully saturated rings. The summed E-state index contributed by atoms with van der Waals surface area (Å²) in [6, 6.07) is 9.49. The molecule has 2 heterocycles. The third-order valence-electron chi connectivity index (χ3n) is 3.52. The highest BCUT2D eigenvalue weighted by molar-refractivity contribution is 5.91. The Morgan fingerprint density at radius 3 is 2.65 bits per heavy atom. The van der Waals surface area contributed by atoms with Gasteiger partial charge in [-0.2, -0.15) is 5.10 Å². The van der Waals surface area contributed by atoms with Crippen LogP contribution >= 0.6 is 0 Å². The predicted octanol–water partition coefficient (Wildman–Crippen LogP) is 3.77. The molecule has 0 saturated heterocycles. The van der Waals surface area contributed by atoms with E-state index in [1.165, 1.54) is 6.20 Å². The Labute approximate surface area is 150 Å². The summed E-state index contributed by atoms with van der Waals surface area (Å²) in [6.45, 7) is 7.40. The normalized spacial score (nSPS) is 11.6.